The van der Waals surface area contributed by atoms with E-state index in [9.17, 15) is 4.79 Å². The number of aliphatic hydroxyl groups excluding tert-OH is 1. The number of hydrogen-bond donors (Lipinski definition) is 2. The van der Waals surface area contributed by atoms with E-state index in [-0.39, 0.29) is 6.61 Å². The predicted octanol–water partition coefficient (Wildman–Crippen LogP) is 2.04. The molecule has 0 saturated carbocycles. The number of rotatable bonds is 5. The van der Waals surface area contributed by atoms with Crippen LogP contribution in [0.1, 0.15) is 46.0 Å². The molecule has 12 heavy (non-hydrogen) atoms. The molecule has 0 fully saturated rings. The third-order valence-electron chi connectivity index (χ3n) is 1.24. The van der Waals surface area contributed by atoms with Gasteiger partial charge in [0, 0.05) is 13.0 Å². The first-order valence-electron chi connectivity index (χ1n) is 4.51. The minimum atomic E-state index is -0.675. The molecule has 0 unspecified atom stereocenters. The summed E-state index contributed by atoms with van der Waals surface area (Å²) in [6.45, 7) is 4.04. The van der Waals surface area contributed by atoms with Crippen molar-refractivity contribution < 1.29 is 15.0 Å². The fraction of sp³-hybridized carbons (Fsp3) is 0.889. The molecule has 3 nitrogen and oxygen atoms in total. The standard InChI is InChI=1S/C7H14O2.C2H6O/c1-2-3-4-5-6-7(8)9;1-2-3/h2-6H2,1H3,(H,8,9);3H,2H2,1H3. The van der Waals surface area contributed by atoms with Gasteiger partial charge in [-0.15, -0.1) is 0 Å². The van der Waals surface area contributed by atoms with Crippen LogP contribution in [0.25, 0.3) is 0 Å². The third-order valence-corrected chi connectivity index (χ3v) is 1.24. The summed E-state index contributed by atoms with van der Waals surface area (Å²) in [7, 11) is 0. The van der Waals surface area contributed by atoms with E-state index in [4.69, 9.17) is 10.2 Å². The average Bonchev–Trinajstić information content (AvgIpc) is 1.99. The molecule has 0 atom stereocenters. The minimum Gasteiger partial charge on any atom is -0.481 e. The minimum absolute atomic E-state index is 0.250. The van der Waals surface area contributed by atoms with Gasteiger partial charge in [-0.05, 0) is 13.3 Å². The summed E-state index contributed by atoms with van der Waals surface area (Å²) in [6.07, 6.45) is 4.55. The largest absolute Gasteiger partial charge is 0.481 e. The van der Waals surface area contributed by atoms with Gasteiger partial charge in [-0.2, -0.15) is 0 Å². The lowest BCUT2D eigenvalue weighted by Gasteiger charge is -1.92. The van der Waals surface area contributed by atoms with Gasteiger partial charge in [-0.25, -0.2) is 0 Å². The normalized spacial score (nSPS) is 8.58. The molecule has 0 saturated heterocycles. The molecule has 0 aliphatic carbocycles. The molecule has 0 spiro atoms. The van der Waals surface area contributed by atoms with Crippen LogP contribution in [-0.2, 0) is 4.79 Å². The summed E-state index contributed by atoms with van der Waals surface area (Å²) in [5.41, 5.74) is 0. The van der Waals surface area contributed by atoms with Crippen molar-refractivity contribution in [2.45, 2.75) is 46.0 Å². The molecule has 2 N–H and O–H groups in total. The smallest absolute Gasteiger partial charge is 0.303 e. The van der Waals surface area contributed by atoms with E-state index in [1.807, 2.05) is 0 Å². The Labute approximate surface area is 74.4 Å². The molecular formula is C9H20O3. The lowest BCUT2D eigenvalue weighted by Crippen LogP contribution is -1.92. The molecule has 3 heteroatoms. The van der Waals surface area contributed by atoms with Crippen LogP contribution < -0.4 is 0 Å². The van der Waals surface area contributed by atoms with E-state index in [2.05, 4.69) is 6.92 Å². The molecule has 0 aromatic heterocycles. The summed E-state index contributed by atoms with van der Waals surface area (Å²) < 4.78 is 0. The highest BCUT2D eigenvalue weighted by atomic mass is 16.4. The van der Waals surface area contributed by atoms with Crippen molar-refractivity contribution in [1.29, 1.82) is 0 Å². The first-order valence-corrected chi connectivity index (χ1v) is 4.51. The molecule has 0 aromatic carbocycles. The van der Waals surface area contributed by atoms with Crippen molar-refractivity contribution in [1.82, 2.24) is 0 Å². The summed E-state index contributed by atoms with van der Waals surface area (Å²) in [4.78, 5) is 9.96. The van der Waals surface area contributed by atoms with Crippen LogP contribution in [-0.4, -0.2) is 22.8 Å². The Morgan fingerprint density at radius 1 is 1.17 bits per heavy atom. The number of carbonyl (C=O) groups is 1. The van der Waals surface area contributed by atoms with Gasteiger partial charge >= 0.3 is 5.97 Å². The van der Waals surface area contributed by atoms with Gasteiger partial charge in [-0.3, -0.25) is 4.79 Å². The zero-order valence-electron chi connectivity index (χ0n) is 8.05. The van der Waals surface area contributed by atoms with Gasteiger partial charge < -0.3 is 10.2 Å². The molecule has 74 valence electrons. The maximum absolute atomic E-state index is 9.96. The molecule has 0 aliphatic heterocycles. The number of aliphatic hydroxyl groups is 1. The van der Waals surface area contributed by atoms with E-state index in [1.54, 1.807) is 6.92 Å². The van der Waals surface area contributed by atoms with Gasteiger partial charge in [0.05, 0.1) is 0 Å². The van der Waals surface area contributed by atoms with E-state index >= 15 is 0 Å². The van der Waals surface area contributed by atoms with Crippen LogP contribution in [0.5, 0.6) is 0 Å². The van der Waals surface area contributed by atoms with Crippen LogP contribution in [0.3, 0.4) is 0 Å². The second-order valence-electron chi connectivity index (χ2n) is 2.52. The van der Waals surface area contributed by atoms with Crippen LogP contribution >= 0.6 is 0 Å². The summed E-state index contributed by atoms with van der Waals surface area (Å²) in [5.74, 6) is -0.675. The van der Waals surface area contributed by atoms with Crippen molar-refractivity contribution in [2.24, 2.45) is 0 Å². The Morgan fingerprint density at radius 3 is 2.00 bits per heavy atom. The Bertz CT molecular complexity index is 91.8. The Kier molecular flexibility index (Phi) is 15.2. The number of carboxylic acids is 1. The zero-order chi connectivity index (χ0) is 9.82. The number of hydrogen-bond acceptors (Lipinski definition) is 2. The highest BCUT2D eigenvalue weighted by Crippen LogP contribution is 2.01. The van der Waals surface area contributed by atoms with E-state index in [0.717, 1.165) is 19.3 Å². The Hall–Kier alpha value is -0.570. The van der Waals surface area contributed by atoms with Crippen molar-refractivity contribution in [3.63, 3.8) is 0 Å². The quantitative estimate of drug-likeness (QED) is 0.630. The highest BCUT2D eigenvalue weighted by molar-refractivity contribution is 5.66. The lowest BCUT2D eigenvalue weighted by molar-refractivity contribution is -0.137. The SMILES string of the molecule is CCCCCCC(=O)O.CCO. The zero-order valence-corrected chi connectivity index (χ0v) is 8.05. The van der Waals surface area contributed by atoms with Crippen LogP contribution in [0.15, 0.2) is 0 Å². The molecule has 0 aromatic rings. The van der Waals surface area contributed by atoms with E-state index in [0.29, 0.717) is 6.42 Å². The summed E-state index contributed by atoms with van der Waals surface area (Å²) >= 11 is 0. The summed E-state index contributed by atoms with van der Waals surface area (Å²) in [6, 6.07) is 0. The first kappa shape index (κ1) is 14.0. The number of aliphatic carboxylic acids is 1. The number of carboxylic acid groups (broad SMARTS) is 1. The van der Waals surface area contributed by atoms with Crippen molar-refractivity contribution >= 4 is 5.97 Å². The van der Waals surface area contributed by atoms with Gasteiger partial charge in [0.1, 0.15) is 0 Å². The van der Waals surface area contributed by atoms with Crippen molar-refractivity contribution in [3.8, 4) is 0 Å². The second-order valence-corrected chi connectivity index (χ2v) is 2.52. The van der Waals surface area contributed by atoms with Gasteiger partial charge in [0.2, 0.25) is 0 Å². The van der Waals surface area contributed by atoms with Crippen LogP contribution in [0.4, 0.5) is 0 Å². The first-order chi connectivity index (χ1) is 5.68. The van der Waals surface area contributed by atoms with Gasteiger partial charge in [0.25, 0.3) is 0 Å². The van der Waals surface area contributed by atoms with Gasteiger partial charge in [0.15, 0.2) is 0 Å². The lowest BCUT2D eigenvalue weighted by atomic mass is 10.2. The molecule has 0 bridgehead atoms. The monoisotopic (exact) mass is 176 g/mol. The highest BCUT2D eigenvalue weighted by Gasteiger charge is 1.93. The molecule has 0 amide bonds. The third kappa shape index (κ3) is 22.7. The van der Waals surface area contributed by atoms with E-state index < -0.39 is 5.97 Å². The topological polar surface area (TPSA) is 57.5 Å². The molecule has 0 aliphatic rings. The van der Waals surface area contributed by atoms with Crippen molar-refractivity contribution in [3.05, 3.63) is 0 Å². The van der Waals surface area contributed by atoms with Crippen molar-refractivity contribution in [2.75, 3.05) is 6.61 Å². The summed E-state index contributed by atoms with van der Waals surface area (Å²) in [5, 5.41) is 15.8. The maximum Gasteiger partial charge on any atom is 0.303 e. The maximum atomic E-state index is 9.96. The predicted molar refractivity (Wildman–Crippen MR) is 49.2 cm³/mol. The molecule has 0 radical (unpaired) electrons. The fourth-order valence-corrected chi connectivity index (χ4v) is 0.703. The van der Waals surface area contributed by atoms with Crippen LogP contribution in [0.2, 0.25) is 0 Å². The van der Waals surface area contributed by atoms with Gasteiger partial charge in [-0.1, -0.05) is 26.2 Å². The fourth-order valence-electron chi connectivity index (χ4n) is 0.703. The molecule has 0 heterocycles. The Morgan fingerprint density at radius 2 is 1.67 bits per heavy atom. The van der Waals surface area contributed by atoms with Crippen LogP contribution in [0, 0.1) is 0 Å². The molecular weight excluding hydrogens is 156 g/mol. The average molecular weight is 176 g/mol. The second kappa shape index (κ2) is 13.1. The molecule has 0 rings (SSSR count). The Balaban J connectivity index is 0. The van der Waals surface area contributed by atoms with E-state index in [1.165, 1.54) is 6.42 Å². The number of unbranched alkanes of at least 4 members (excludes halogenated alkanes) is 3.